The van der Waals surface area contributed by atoms with E-state index < -0.39 is 0 Å². The van der Waals surface area contributed by atoms with Crippen LogP contribution in [0.3, 0.4) is 0 Å². The average Bonchev–Trinajstić information content (AvgIpc) is 3.47. The largest absolute Gasteiger partial charge is 0.0796 e. The van der Waals surface area contributed by atoms with Gasteiger partial charge in [0.2, 0.25) is 0 Å². The van der Waals surface area contributed by atoms with Crippen LogP contribution in [0.1, 0.15) is 30.9 Å². The molecule has 2 aliphatic carbocycles. The molecule has 0 spiro atoms. The number of rotatable bonds is 4. The van der Waals surface area contributed by atoms with Crippen LogP contribution in [0.25, 0.3) is 87.6 Å². The van der Waals surface area contributed by atoms with Gasteiger partial charge in [-0.15, -0.1) is 0 Å². The summed E-state index contributed by atoms with van der Waals surface area (Å²) in [7, 11) is 0. The minimum absolute atomic E-state index is 0.0336. The first kappa shape index (κ1) is 32.0. The Kier molecular flexibility index (Phi) is 7.13. The van der Waals surface area contributed by atoms with E-state index in [1.54, 1.807) is 0 Å². The molecule has 9 aromatic carbocycles. The standard InChI is InChI=1S/C55H40/c1-55(2)51-18-10-9-15-45(51)46-29-28-44(34-52(46)55)54-48-17-8-7-16-47(48)53(38-23-19-37(20-24-38)41-25-21-35-11-3-5-13-39(35)31-41)49-30-27-43(33-50(49)54)42-26-22-36-12-4-6-14-40(36)32-42/h3-34,45,51H,1-2H3. The van der Waals surface area contributed by atoms with Crippen LogP contribution >= 0.6 is 0 Å². The summed E-state index contributed by atoms with van der Waals surface area (Å²) in [6, 6.07) is 63.7. The number of hydrogen-bond acceptors (Lipinski definition) is 0. The third kappa shape index (κ3) is 5.05. The quantitative estimate of drug-likeness (QED) is 0.160. The molecular formula is C55H40. The second kappa shape index (κ2) is 12.3. The molecule has 0 saturated carbocycles. The highest BCUT2D eigenvalue weighted by molar-refractivity contribution is 6.22. The van der Waals surface area contributed by atoms with Gasteiger partial charge in [-0.25, -0.2) is 0 Å². The molecule has 0 N–H and O–H groups in total. The molecule has 0 bridgehead atoms. The van der Waals surface area contributed by atoms with Gasteiger partial charge in [0.1, 0.15) is 0 Å². The lowest BCUT2D eigenvalue weighted by Gasteiger charge is -2.29. The van der Waals surface area contributed by atoms with Crippen molar-refractivity contribution >= 4 is 43.1 Å². The Balaban J connectivity index is 1.14. The Bertz CT molecular complexity index is 3060. The molecular weight excluding hydrogens is 661 g/mol. The van der Waals surface area contributed by atoms with Crippen molar-refractivity contribution in [2.24, 2.45) is 5.92 Å². The minimum Gasteiger partial charge on any atom is -0.0796 e. The van der Waals surface area contributed by atoms with Gasteiger partial charge in [0.15, 0.2) is 0 Å². The summed E-state index contributed by atoms with van der Waals surface area (Å²) in [6.07, 6.45) is 9.28. The van der Waals surface area contributed by atoms with Crippen molar-refractivity contribution < 1.29 is 0 Å². The second-order valence-corrected chi connectivity index (χ2v) is 16.1. The molecule has 0 radical (unpaired) electrons. The summed E-state index contributed by atoms with van der Waals surface area (Å²) in [4.78, 5) is 0. The first-order valence-electron chi connectivity index (χ1n) is 19.6. The molecule has 0 fully saturated rings. The van der Waals surface area contributed by atoms with Gasteiger partial charge < -0.3 is 0 Å². The van der Waals surface area contributed by atoms with Crippen molar-refractivity contribution in [3.63, 3.8) is 0 Å². The number of fused-ring (bicyclic) bond motifs is 7. The van der Waals surface area contributed by atoms with E-state index >= 15 is 0 Å². The van der Waals surface area contributed by atoms with E-state index in [0.29, 0.717) is 11.8 Å². The van der Waals surface area contributed by atoms with E-state index in [4.69, 9.17) is 0 Å². The number of allylic oxidation sites excluding steroid dienone is 4. The second-order valence-electron chi connectivity index (χ2n) is 16.1. The van der Waals surface area contributed by atoms with Crippen LogP contribution in [0.15, 0.2) is 194 Å². The van der Waals surface area contributed by atoms with Crippen molar-refractivity contribution in [2.45, 2.75) is 25.2 Å². The van der Waals surface area contributed by atoms with Gasteiger partial charge in [0.25, 0.3) is 0 Å². The van der Waals surface area contributed by atoms with Crippen molar-refractivity contribution in [2.75, 3.05) is 0 Å². The smallest absolute Gasteiger partial charge is 0.00953 e. The van der Waals surface area contributed by atoms with Gasteiger partial charge in [-0.1, -0.05) is 190 Å². The Morgan fingerprint density at radius 3 is 1.55 bits per heavy atom. The fourth-order valence-corrected chi connectivity index (χ4v) is 9.88. The molecule has 0 aromatic heterocycles. The normalized spacial score (nSPS) is 16.9. The zero-order valence-electron chi connectivity index (χ0n) is 31.1. The van der Waals surface area contributed by atoms with Gasteiger partial charge in [-0.05, 0) is 128 Å². The molecule has 2 atom stereocenters. The van der Waals surface area contributed by atoms with E-state index in [0.717, 1.165) is 0 Å². The summed E-state index contributed by atoms with van der Waals surface area (Å²) in [5, 5.41) is 10.2. The van der Waals surface area contributed by atoms with Gasteiger partial charge in [0, 0.05) is 5.92 Å². The maximum Gasteiger partial charge on any atom is 0.00953 e. The lowest BCUT2D eigenvalue weighted by molar-refractivity contribution is 0.394. The highest BCUT2D eigenvalue weighted by Crippen LogP contribution is 2.54. The summed E-state index contributed by atoms with van der Waals surface area (Å²) in [5.74, 6) is 0.896. The molecule has 2 aliphatic rings. The molecule has 9 aromatic rings. The summed E-state index contributed by atoms with van der Waals surface area (Å²) in [6.45, 7) is 4.87. The molecule has 0 saturated heterocycles. The molecule has 0 heteroatoms. The molecule has 11 rings (SSSR count). The fraction of sp³-hybridized carbons (Fsp3) is 0.0909. The van der Waals surface area contributed by atoms with Crippen LogP contribution in [0, 0.1) is 5.92 Å². The Labute approximate surface area is 322 Å². The lowest BCUT2D eigenvalue weighted by atomic mass is 9.74. The topological polar surface area (TPSA) is 0 Å². The van der Waals surface area contributed by atoms with Crippen LogP contribution in [0.2, 0.25) is 0 Å². The van der Waals surface area contributed by atoms with E-state index in [1.165, 1.54) is 98.7 Å². The van der Waals surface area contributed by atoms with Gasteiger partial charge >= 0.3 is 0 Å². The SMILES string of the molecule is CC1(C)c2cc(-c3c4ccccc4c(-c4ccc(-c5ccc6ccccc6c5)cc4)c4ccc(-c5ccc6ccccc6c5)cc34)ccc2C2C=CC=CC21. The molecule has 0 aliphatic heterocycles. The van der Waals surface area contributed by atoms with Crippen LogP contribution in [-0.4, -0.2) is 0 Å². The van der Waals surface area contributed by atoms with Crippen molar-refractivity contribution in [1.82, 2.24) is 0 Å². The predicted molar refractivity (Wildman–Crippen MR) is 236 cm³/mol. The van der Waals surface area contributed by atoms with Gasteiger partial charge in [-0.3, -0.25) is 0 Å². The minimum atomic E-state index is 0.0336. The summed E-state index contributed by atoms with van der Waals surface area (Å²) < 4.78 is 0. The van der Waals surface area contributed by atoms with Gasteiger partial charge in [-0.2, -0.15) is 0 Å². The highest BCUT2D eigenvalue weighted by atomic mass is 14.5. The number of hydrogen-bond donors (Lipinski definition) is 0. The Morgan fingerprint density at radius 2 is 0.855 bits per heavy atom. The van der Waals surface area contributed by atoms with Crippen molar-refractivity contribution in [1.29, 1.82) is 0 Å². The molecule has 0 nitrogen and oxygen atoms in total. The first-order valence-corrected chi connectivity index (χ1v) is 19.6. The van der Waals surface area contributed by atoms with E-state index in [9.17, 15) is 0 Å². The molecule has 0 amide bonds. The zero-order valence-corrected chi connectivity index (χ0v) is 31.1. The Hall–Kier alpha value is -6.50. The Morgan fingerprint density at radius 1 is 0.364 bits per heavy atom. The monoisotopic (exact) mass is 700 g/mol. The van der Waals surface area contributed by atoms with Crippen LogP contribution in [-0.2, 0) is 5.41 Å². The van der Waals surface area contributed by atoms with E-state index in [1.807, 2.05) is 0 Å². The summed E-state index contributed by atoms with van der Waals surface area (Å²) >= 11 is 0. The molecule has 55 heavy (non-hydrogen) atoms. The van der Waals surface area contributed by atoms with Crippen LogP contribution in [0.5, 0.6) is 0 Å². The van der Waals surface area contributed by atoms with Crippen molar-refractivity contribution in [3.8, 4) is 44.5 Å². The number of benzene rings is 9. The maximum atomic E-state index is 2.53. The van der Waals surface area contributed by atoms with E-state index in [-0.39, 0.29) is 5.41 Å². The van der Waals surface area contributed by atoms with Gasteiger partial charge in [0.05, 0.1) is 0 Å². The molecule has 260 valence electrons. The maximum absolute atomic E-state index is 2.53. The first-order chi connectivity index (χ1) is 27.0. The molecule has 0 heterocycles. The lowest BCUT2D eigenvalue weighted by Crippen LogP contribution is -2.24. The van der Waals surface area contributed by atoms with Crippen LogP contribution < -0.4 is 0 Å². The summed E-state index contributed by atoms with van der Waals surface area (Å²) in [5.41, 5.74) is 13.0. The fourth-order valence-electron chi connectivity index (χ4n) is 9.88. The van der Waals surface area contributed by atoms with E-state index in [2.05, 4.69) is 208 Å². The average molecular weight is 701 g/mol. The molecule has 2 unspecified atom stereocenters. The predicted octanol–water partition coefficient (Wildman–Crippen LogP) is 15.1. The highest BCUT2D eigenvalue weighted by Gasteiger charge is 2.44. The third-order valence-corrected chi connectivity index (χ3v) is 12.7. The third-order valence-electron chi connectivity index (χ3n) is 12.7. The van der Waals surface area contributed by atoms with Crippen LogP contribution in [0.4, 0.5) is 0 Å². The zero-order chi connectivity index (χ0) is 36.7. The van der Waals surface area contributed by atoms with Crippen molar-refractivity contribution in [3.05, 3.63) is 205 Å².